The summed E-state index contributed by atoms with van der Waals surface area (Å²) in [7, 11) is 0. The molecule has 1 aliphatic rings. The average molecular weight is 269 g/mol. The quantitative estimate of drug-likeness (QED) is 0.907. The topological polar surface area (TPSA) is 26.7 Å². The SMILES string of the molecule is C[C@@H](CCO)N1CCN(c2cccc(Cl)c2)CC1. The van der Waals surface area contributed by atoms with Gasteiger partial charge in [0.05, 0.1) is 0 Å². The summed E-state index contributed by atoms with van der Waals surface area (Å²) in [6.07, 6.45) is 0.858. The van der Waals surface area contributed by atoms with Crippen LogP contribution in [0, 0.1) is 0 Å². The Kier molecular flexibility index (Phi) is 4.87. The van der Waals surface area contributed by atoms with Crippen molar-refractivity contribution in [1.29, 1.82) is 0 Å². The van der Waals surface area contributed by atoms with Gasteiger partial charge in [-0.05, 0) is 31.5 Å². The van der Waals surface area contributed by atoms with E-state index >= 15 is 0 Å². The van der Waals surface area contributed by atoms with Crippen LogP contribution in [0.15, 0.2) is 24.3 Å². The van der Waals surface area contributed by atoms with Gasteiger partial charge in [0.1, 0.15) is 0 Å². The Bertz CT molecular complexity index is 378. The number of rotatable bonds is 4. The molecule has 2 rings (SSSR count). The Hall–Kier alpha value is -0.770. The number of hydrogen-bond acceptors (Lipinski definition) is 3. The Morgan fingerprint density at radius 2 is 2.00 bits per heavy atom. The normalized spacial score (nSPS) is 18.9. The first-order chi connectivity index (χ1) is 8.70. The highest BCUT2D eigenvalue weighted by Crippen LogP contribution is 2.21. The van der Waals surface area contributed by atoms with E-state index in [-0.39, 0.29) is 6.61 Å². The van der Waals surface area contributed by atoms with Gasteiger partial charge in [0.25, 0.3) is 0 Å². The molecule has 0 unspecified atom stereocenters. The van der Waals surface area contributed by atoms with Gasteiger partial charge in [0.15, 0.2) is 0 Å². The molecular formula is C14H21ClN2O. The third kappa shape index (κ3) is 3.37. The van der Waals surface area contributed by atoms with Crippen LogP contribution in [0.1, 0.15) is 13.3 Å². The van der Waals surface area contributed by atoms with Crippen LogP contribution in [0.4, 0.5) is 5.69 Å². The van der Waals surface area contributed by atoms with E-state index in [2.05, 4.69) is 22.8 Å². The molecule has 0 aromatic heterocycles. The second-order valence-electron chi connectivity index (χ2n) is 4.86. The molecule has 0 amide bonds. The fourth-order valence-corrected chi connectivity index (χ4v) is 2.65. The zero-order valence-electron chi connectivity index (χ0n) is 10.8. The van der Waals surface area contributed by atoms with E-state index < -0.39 is 0 Å². The van der Waals surface area contributed by atoms with Crippen LogP contribution in [0.25, 0.3) is 0 Å². The Morgan fingerprint density at radius 1 is 1.28 bits per heavy atom. The highest BCUT2D eigenvalue weighted by atomic mass is 35.5. The third-order valence-corrected chi connectivity index (χ3v) is 3.89. The molecule has 0 spiro atoms. The van der Waals surface area contributed by atoms with Gasteiger partial charge in [-0.1, -0.05) is 17.7 Å². The number of halogens is 1. The maximum Gasteiger partial charge on any atom is 0.0445 e. The van der Waals surface area contributed by atoms with Crippen molar-refractivity contribution in [2.45, 2.75) is 19.4 Å². The van der Waals surface area contributed by atoms with E-state index in [0.29, 0.717) is 6.04 Å². The van der Waals surface area contributed by atoms with Gasteiger partial charge in [-0.2, -0.15) is 0 Å². The number of nitrogens with zero attached hydrogens (tertiary/aromatic N) is 2. The number of piperazine rings is 1. The van der Waals surface area contributed by atoms with Crippen molar-refractivity contribution in [3.05, 3.63) is 29.3 Å². The standard InChI is InChI=1S/C14H21ClN2O/c1-12(5-10-18)16-6-8-17(9-7-16)14-4-2-3-13(15)11-14/h2-4,11-12,18H,5-10H2,1H3/t12-/m0/s1. The molecule has 1 aromatic rings. The first kappa shape index (κ1) is 13.7. The van der Waals surface area contributed by atoms with Gasteiger partial charge in [0.2, 0.25) is 0 Å². The Morgan fingerprint density at radius 3 is 2.61 bits per heavy atom. The third-order valence-electron chi connectivity index (χ3n) is 3.66. The molecule has 0 saturated carbocycles. The molecule has 0 radical (unpaired) electrons. The van der Waals surface area contributed by atoms with Crippen molar-refractivity contribution in [3.63, 3.8) is 0 Å². The minimum absolute atomic E-state index is 0.273. The zero-order chi connectivity index (χ0) is 13.0. The lowest BCUT2D eigenvalue weighted by Gasteiger charge is -2.39. The highest BCUT2D eigenvalue weighted by Gasteiger charge is 2.20. The van der Waals surface area contributed by atoms with E-state index in [1.807, 2.05) is 18.2 Å². The minimum Gasteiger partial charge on any atom is -0.396 e. The van der Waals surface area contributed by atoms with Crippen molar-refractivity contribution in [2.75, 3.05) is 37.7 Å². The van der Waals surface area contributed by atoms with Crippen LogP contribution in [-0.4, -0.2) is 48.8 Å². The first-order valence-electron chi connectivity index (χ1n) is 6.56. The monoisotopic (exact) mass is 268 g/mol. The van der Waals surface area contributed by atoms with Crippen LogP contribution in [0.5, 0.6) is 0 Å². The van der Waals surface area contributed by atoms with Crippen LogP contribution in [0.2, 0.25) is 5.02 Å². The van der Waals surface area contributed by atoms with Crippen LogP contribution in [-0.2, 0) is 0 Å². The van der Waals surface area contributed by atoms with E-state index in [1.165, 1.54) is 5.69 Å². The largest absolute Gasteiger partial charge is 0.396 e. The summed E-state index contributed by atoms with van der Waals surface area (Å²) in [4.78, 5) is 4.81. The second-order valence-corrected chi connectivity index (χ2v) is 5.30. The average Bonchev–Trinajstić information content (AvgIpc) is 2.39. The maximum absolute atomic E-state index is 8.98. The van der Waals surface area contributed by atoms with Crippen molar-refractivity contribution in [3.8, 4) is 0 Å². The van der Waals surface area contributed by atoms with Gasteiger partial charge >= 0.3 is 0 Å². The summed E-state index contributed by atoms with van der Waals surface area (Å²) in [6, 6.07) is 8.51. The highest BCUT2D eigenvalue weighted by molar-refractivity contribution is 6.30. The molecule has 1 saturated heterocycles. The smallest absolute Gasteiger partial charge is 0.0445 e. The molecule has 3 nitrogen and oxygen atoms in total. The number of anilines is 1. The molecule has 0 bridgehead atoms. The molecule has 1 fully saturated rings. The summed E-state index contributed by atoms with van der Waals surface area (Å²) < 4.78 is 0. The van der Waals surface area contributed by atoms with Gasteiger partial charge < -0.3 is 10.0 Å². The lowest BCUT2D eigenvalue weighted by Crippen LogP contribution is -2.49. The van der Waals surface area contributed by atoms with Gasteiger partial charge in [0, 0.05) is 49.5 Å². The van der Waals surface area contributed by atoms with Crippen LogP contribution < -0.4 is 4.90 Å². The molecule has 1 atom stereocenters. The fraction of sp³-hybridized carbons (Fsp3) is 0.571. The minimum atomic E-state index is 0.273. The van der Waals surface area contributed by atoms with Crippen molar-refractivity contribution in [2.24, 2.45) is 0 Å². The summed E-state index contributed by atoms with van der Waals surface area (Å²) in [6.45, 7) is 6.61. The van der Waals surface area contributed by atoms with Crippen molar-refractivity contribution < 1.29 is 5.11 Å². The van der Waals surface area contributed by atoms with Crippen LogP contribution >= 0.6 is 11.6 Å². The summed E-state index contributed by atoms with van der Waals surface area (Å²) in [5.74, 6) is 0. The number of aliphatic hydroxyl groups is 1. The molecule has 1 N–H and O–H groups in total. The summed E-state index contributed by atoms with van der Waals surface area (Å²) >= 11 is 6.02. The molecule has 4 heteroatoms. The predicted octanol–water partition coefficient (Wildman–Crippen LogP) is 2.23. The lowest BCUT2D eigenvalue weighted by molar-refractivity contribution is 0.160. The molecular weight excluding hydrogens is 248 g/mol. The fourth-order valence-electron chi connectivity index (χ4n) is 2.46. The molecule has 18 heavy (non-hydrogen) atoms. The van der Waals surface area contributed by atoms with Gasteiger partial charge in [-0.15, -0.1) is 0 Å². The van der Waals surface area contributed by atoms with Crippen molar-refractivity contribution >= 4 is 17.3 Å². The van der Waals surface area contributed by atoms with E-state index in [4.69, 9.17) is 16.7 Å². The van der Waals surface area contributed by atoms with E-state index in [1.54, 1.807) is 0 Å². The van der Waals surface area contributed by atoms with Gasteiger partial charge in [-0.25, -0.2) is 0 Å². The van der Waals surface area contributed by atoms with Gasteiger partial charge in [-0.3, -0.25) is 4.90 Å². The maximum atomic E-state index is 8.98. The van der Waals surface area contributed by atoms with E-state index in [0.717, 1.165) is 37.6 Å². The van der Waals surface area contributed by atoms with Crippen molar-refractivity contribution in [1.82, 2.24) is 4.90 Å². The van der Waals surface area contributed by atoms with E-state index in [9.17, 15) is 0 Å². The summed E-state index contributed by atoms with van der Waals surface area (Å²) in [5, 5.41) is 9.77. The summed E-state index contributed by atoms with van der Waals surface area (Å²) in [5.41, 5.74) is 1.21. The second kappa shape index (κ2) is 6.41. The van der Waals surface area contributed by atoms with Crippen LogP contribution in [0.3, 0.4) is 0 Å². The number of aliphatic hydroxyl groups excluding tert-OH is 1. The predicted molar refractivity (Wildman–Crippen MR) is 76.4 cm³/mol. The Labute approximate surface area is 114 Å². The molecule has 1 aliphatic heterocycles. The molecule has 100 valence electrons. The Balaban J connectivity index is 1.90. The number of benzene rings is 1. The molecule has 0 aliphatic carbocycles. The lowest BCUT2D eigenvalue weighted by atomic mass is 10.1. The number of hydrogen-bond donors (Lipinski definition) is 1. The molecule has 1 heterocycles. The molecule has 1 aromatic carbocycles. The zero-order valence-corrected chi connectivity index (χ0v) is 11.6. The first-order valence-corrected chi connectivity index (χ1v) is 6.94.